The quantitative estimate of drug-likeness (QED) is 0.538. The smallest absolute Gasteiger partial charge is 0.476 e. The number of nitrogens with two attached hydrogens (primary N) is 1. The van der Waals surface area contributed by atoms with Crippen molar-refractivity contribution in [3.8, 4) is 0 Å². The Morgan fingerprint density at radius 1 is 1.38 bits per heavy atom. The van der Waals surface area contributed by atoms with Crippen LogP contribution in [0, 0.1) is 0 Å². The summed E-state index contributed by atoms with van der Waals surface area (Å²) in [6, 6.07) is 1.56. The Morgan fingerprint density at radius 3 is 2.62 bits per heavy atom. The van der Waals surface area contributed by atoms with Gasteiger partial charge in [-0.2, -0.15) is 8.42 Å². The highest BCUT2D eigenvalue weighted by Crippen LogP contribution is 2.36. The van der Waals surface area contributed by atoms with Crippen molar-refractivity contribution in [2.24, 2.45) is 0 Å². The van der Waals surface area contributed by atoms with E-state index in [2.05, 4.69) is 9.88 Å². The van der Waals surface area contributed by atoms with Crippen molar-refractivity contribution in [2.45, 2.75) is 51.0 Å². The second-order valence-electron chi connectivity index (χ2n) is 6.51. The molecule has 3 heterocycles. The summed E-state index contributed by atoms with van der Waals surface area (Å²) < 4.78 is 43.4. The molecule has 0 radical (unpaired) electrons. The molecule has 0 spiro atoms. The molecule has 11 heteroatoms. The molecule has 0 aromatic carbocycles. The van der Waals surface area contributed by atoms with Gasteiger partial charge in [-0.3, -0.25) is 4.55 Å². The first-order valence-electron chi connectivity index (χ1n) is 8.64. The molecule has 1 atom stereocenters. The summed E-state index contributed by atoms with van der Waals surface area (Å²) in [7, 11) is -4.75. The molecule has 2 fully saturated rings. The van der Waals surface area contributed by atoms with E-state index in [0.29, 0.717) is 25.3 Å². The summed E-state index contributed by atoms with van der Waals surface area (Å²) in [6.45, 7) is 4.24. The van der Waals surface area contributed by atoms with Crippen LogP contribution in [0.15, 0.2) is 6.07 Å². The monoisotopic (exact) mass is 390 g/mol. The molecule has 0 bridgehead atoms. The SMILES string of the molecule is CCC1(c2nc(N3CCCC3)cc(N)[n+]2OS(=O)(=O)O)CCCCO1.[OH-]. The van der Waals surface area contributed by atoms with Crippen LogP contribution in [0.2, 0.25) is 0 Å². The van der Waals surface area contributed by atoms with Crippen LogP contribution in [0.1, 0.15) is 51.3 Å². The van der Waals surface area contributed by atoms with Gasteiger partial charge in [-0.1, -0.05) is 11.9 Å². The van der Waals surface area contributed by atoms with Crippen molar-refractivity contribution < 1.29 is 32.2 Å². The highest BCUT2D eigenvalue weighted by molar-refractivity contribution is 7.80. The summed E-state index contributed by atoms with van der Waals surface area (Å²) in [5.74, 6) is 0.989. The van der Waals surface area contributed by atoms with Crippen LogP contribution in [0.3, 0.4) is 0 Å². The fraction of sp³-hybridized carbons (Fsp3) is 0.733. The van der Waals surface area contributed by atoms with E-state index in [4.69, 9.17) is 19.3 Å². The zero-order valence-electron chi connectivity index (χ0n) is 14.8. The molecule has 2 aliphatic rings. The Hall–Kier alpha value is -1.69. The average Bonchev–Trinajstić information content (AvgIpc) is 3.10. The van der Waals surface area contributed by atoms with Crippen LogP contribution in [0.4, 0.5) is 11.6 Å². The van der Waals surface area contributed by atoms with Gasteiger partial charge in [-0.25, -0.2) is 4.28 Å². The van der Waals surface area contributed by atoms with E-state index in [1.165, 1.54) is 0 Å². The van der Waals surface area contributed by atoms with E-state index in [1.54, 1.807) is 6.07 Å². The lowest BCUT2D eigenvalue weighted by atomic mass is 9.90. The van der Waals surface area contributed by atoms with Crippen molar-refractivity contribution in [1.82, 2.24) is 4.98 Å². The van der Waals surface area contributed by atoms with Gasteiger partial charge in [0.1, 0.15) is 0 Å². The van der Waals surface area contributed by atoms with Crippen molar-refractivity contribution in [3.05, 3.63) is 11.9 Å². The number of nitrogen functional groups attached to an aromatic ring is 1. The highest BCUT2D eigenvalue weighted by Gasteiger charge is 2.45. The molecular formula is C15H26N4O6S. The first-order chi connectivity index (χ1) is 11.8. The van der Waals surface area contributed by atoms with Gasteiger partial charge < -0.3 is 20.8 Å². The predicted octanol–water partition coefficient (Wildman–Crippen LogP) is 0.412. The van der Waals surface area contributed by atoms with E-state index in [1.807, 2.05) is 6.92 Å². The fourth-order valence-corrected chi connectivity index (χ4v) is 3.88. The zero-order valence-corrected chi connectivity index (χ0v) is 15.6. The van der Waals surface area contributed by atoms with Gasteiger partial charge in [0, 0.05) is 19.7 Å². The molecule has 3 rings (SSSR count). The van der Waals surface area contributed by atoms with Gasteiger partial charge in [-0.05, 0) is 43.3 Å². The minimum Gasteiger partial charge on any atom is -0.870 e. The van der Waals surface area contributed by atoms with Gasteiger partial charge >= 0.3 is 16.2 Å². The van der Waals surface area contributed by atoms with Crippen LogP contribution in [0.25, 0.3) is 0 Å². The highest BCUT2D eigenvalue weighted by atomic mass is 32.3. The Balaban J connectivity index is 0.00000243. The molecule has 1 aromatic rings. The maximum absolute atomic E-state index is 11.3. The van der Waals surface area contributed by atoms with Crippen LogP contribution in [0.5, 0.6) is 0 Å². The normalized spacial score (nSPS) is 23.5. The van der Waals surface area contributed by atoms with E-state index < -0.39 is 16.0 Å². The van der Waals surface area contributed by atoms with Crippen LogP contribution >= 0.6 is 0 Å². The van der Waals surface area contributed by atoms with E-state index in [0.717, 1.165) is 43.5 Å². The number of rotatable bonds is 5. The Kier molecular flexibility index (Phi) is 6.27. The second-order valence-corrected chi connectivity index (χ2v) is 7.51. The van der Waals surface area contributed by atoms with Crippen LogP contribution in [-0.2, 0) is 20.7 Å². The molecule has 10 nitrogen and oxygen atoms in total. The molecule has 0 saturated carbocycles. The molecule has 0 aliphatic carbocycles. The summed E-state index contributed by atoms with van der Waals surface area (Å²) in [5.41, 5.74) is 5.26. The van der Waals surface area contributed by atoms with Crippen LogP contribution in [-0.4, -0.2) is 43.1 Å². The molecule has 148 valence electrons. The summed E-state index contributed by atoms with van der Waals surface area (Å²) in [6.07, 6.45) is 5.26. The van der Waals surface area contributed by atoms with Gasteiger partial charge in [0.25, 0.3) is 5.82 Å². The van der Waals surface area contributed by atoms with E-state index in [9.17, 15) is 8.42 Å². The standard InChI is InChI=1S/C15H24N4O5S.H2O/c1-2-15(7-3-6-10-23-15)14-17-13(18-8-4-5-9-18)11-12(16)19(14)24-25(20,21)22;/h11,16H,2-10H2,1H3,(H,20,21,22);1H2. The van der Waals surface area contributed by atoms with Gasteiger partial charge in [-0.15, -0.1) is 0 Å². The molecule has 2 saturated heterocycles. The molecule has 4 N–H and O–H groups in total. The maximum atomic E-state index is 11.3. The lowest BCUT2D eigenvalue weighted by Gasteiger charge is -2.34. The number of aromatic nitrogens is 2. The Bertz CT molecular complexity index is 730. The number of hydrogen-bond donors (Lipinski definition) is 2. The lowest BCUT2D eigenvalue weighted by Crippen LogP contribution is -2.57. The molecular weight excluding hydrogens is 364 g/mol. The van der Waals surface area contributed by atoms with Crippen LogP contribution < -0.4 is 19.6 Å². The molecule has 0 amide bonds. The largest absolute Gasteiger partial charge is 0.870 e. The molecule has 1 aromatic heterocycles. The number of anilines is 2. The summed E-state index contributed by atoms with van der Waals surface area (Å²) in [5, 5.41) is 0. The van der Waals surface area contributed by atoms with Crippen molar-refractivity contribution in [1.29, 1.82) is 0 Å². The third kappa shape index (κ3) is 4.17. The lowest BCUT2D eigenvalue weighted by molar-refractivity contribution is -0.857. The maximum Gasteiger partial charge on any atom is 0.476 e. The third-order valence-corrected chi connectivity index (χ3v) is 5.19. The number of ether oxygens (including phenoxy) is 1. The summed E-state index contributed by atoms with van der Waals surface area (Å²) in [4.78, 5) is 6.75. The topological polar surface area (TPSA) is 149 Å². The molecule has 2 aliphatic heterocycles. The first-order valence-corrected chi connectivity index (χ1v) is 10.0. The fourth-order valence-electron chi connectivity index (χ4n) is 3.53. The summed E-state index contributed by atoms with van der Waals surface area (Å²) >= 11 is 0. The molecule has 26 heavy (non-hydrogen) atoms. The average molecular weight is 390 g/mol. The van der Waals surface area contributed by atoms with Crippen molar-refractivity contribution in [2.75, 3.05) is 30.3 Å². The van der Waals surface area contributed by atoms with Gasteiger partial charge in [0.05, 0.1) is 6.07 Å². The third-order valence-electron chi connectivity index (χ3n) is 4.86. The zero-order chi connectivity index (χ0) is 18.1. The predicted molar refractivity (Wildman–Crippen MR) is 92.1 cm³/mol. The van der Waals surface area contributed by atoms with Crippen molar-refractivity contribution >= 4 is 22.0 Å². The second kappa shape index (κ2) is 7.91. The van der Waals surface area contributed by atoms with Gasteiger partial charge in [0.15, 0.2) is 5.60 Å². The molecule has 1 unspecified atom stereocenters. The minimum atomic E-state index is -4.75. The number of nitrogens with zero attached hydrogens (tertiary/aromatic N) is 3. The first kappa shape index (κ1) is 20.6. The van der Waals surface area contributed by atoms with E-state index >= 15 is 0 Å². The van der Waals surface area contributed by atoms with Gasteiger partial charge in [0.2, 0.25) is 5.82 Å². The van der Waals surface area contributed by atoms with E-state index in [-0.39, 0.29) is 17.1 Å². The Labute approximate surface area is 153 Å². The number of hydrogen-bond acceptors (Lipinski definition) is 8. The van der Waals surface area contributed by atoms with Crippen molar-refractivity contribution in [3.63, 3.8) is 0 Å². The Morgan fingerprint density at radius 2 is 2.08 bits per heavy atom. The minimum absolute atomic E-state index is 0.